The van der Waals surface area contributed by atoms with Crippen molar-refractivity contribution in [2.24, 2.45) is 4.99 Å². The molecule has 24 heavy (non-hydrogen) atoms. The van der Waals surface area contributed by atoms with E-state index in [-0.39, 0.29) is 0 Å². The van der Waals surface area contributed by atoms with Gasteiger partial charge in [0.25, 0.3) is 0 Å². The molecule has 3 rings (SSSR count). The molecule has 0 radical (unpaired) electrons. The molecule has 1 saturated carbocycles. The summed E-state index contributed by atoms with van der Waals surface area (Å²) in [5.41, 5.74) is 1.00. The molecule has 0 unspecified atom stereocenters. The molecule has 3 heteroatoms. The predicted molar refractivity (Wildman–Crippen MR) is 109 cm³/mol. The van der Waals surface area contributed by atoms with E-state index >= 15 is 0 Å². The second-order valence-corrected chi connectivity index (χ2v) is 8.20. The van der Waals surface area contributed by atoms with Crippen molar-refractivity contribution in [3.05, 3.63) is 72.1 Å². The molecule has 0 spiro atoms. The largest absolute Gasteiger partial charge is 0.242 e. The van der Waals surface area contributed by atoms with Crippen molar-refractivity contribution >= 4 is 34.3 Å². The van der Waals surface area contributed by atoms with Gasteiger partial charge in [-0.2, -0.15) is 0 Å². The molecule has 0 saturated heterocycles. The first-order chi connectivity index (χ1) is 11.9. The minimum atomic E-state index is 0.787. The zero-order valence-electron chi connectivity index (χ0n) is 13.8. The smallest absolute Gasteiger partial charge is 0.102 e. The number of para-hydroxylation sites is 1. The third-order valence-corrected chi connectivity index (χ3v) is 6.09. The lowest BCUT2D eigenvalue weighted by Gasteiger charge is -2.19. The molecule has 2 aromatic rings. The summed E-state index contributed by atoms with van der Waals surface area (Å²) in [7, 11) is 0. The molecular weight excluding hydrogens is 330 g/mol. The van der Waals surface area contributed by atoms with Crippen LogP contribution in [-0.4, -0.2) is 10.3 Å². The lowest BCUT2D eigenvalue weighted by atomic mass is 10.0. The van der Waals surface area contributed by atoms with Crippen molar-refractivity contribution in [3.63, 3.8) is 0 Å². The van der Waals surface area contributed by atoms with Crippen LogP contribution in [0.3, 0.4) is 0 Å². The topological polar surface area (TPSA) is 12.4 Å². The van der Waals surface area contributed by atoms with Crippen LogP contribution in [0.5, 0.6) is 0 Å². The van der Waals surface area contributed by atoms with E-state index in [4.69, 9.17) is 4.99 Å². The van der Waals surface area contributed by atoms with Gasteiger partial charge in [0.05, 0.1) is 5.69 Å². The van der Waals surface area contributed by atoms with Crippen molar-refractivity contribution in [1.82, 2.24) is 0 Å². The summed E-state index contributed by atoms with van der Waals surface area (Å²) in [6.45, 7) is 0. The lowest BCUT2D eigenvalue weighted by Crippen LogP contribution is -2.06. The summed E-state index contributed by atoms with van der Waals surface area (Å²) in [6, 6.07) is 20.6. The van der Waals surface area contributed by atoms with Gasteiger partial charge in [-0.25, -0.2) is 4.99 Å². The zero-order chi connectivity index (χ0) is 16.5. The van der Waals surface area contributed by atoms with Crippen molar-refractivity contribution in [2.45, 2.75) is 42.2 Å². The van der Waals surface area contributed by atoms with Gasteiger partial charge in [0.2, 0.25) is 0 Å². The third-order valence-electron chi connectivity index (χ3n) is 3.99. The van der Waals surface area contributed by atoms with E-state index in [1.54, 1.807) is 11.8 Å². The SMILES string of the molecule is C(=CC(=Nc1ccccc1)Sc1ccccc1)SC1CCCCC1. The minimum absolute atomic E-state index is 0.787. The van der Waals surface area contributed by atoms with Crippen LogP contribution < -0.4 is 0 Å². The van der Waals surface area contributed by atoms with E-state index in [1.165, 1.54) is 37.0 Å². The maximum absolute atomic E-state index is 4.82. The quantitative estimate of drug-likeness (QED) is 0.323. The van der Waals surface area contributed by atoms with E-state index < -0.39 is 0 Å². The Kier molecular flexibility index (Phi) is 7.06. The van der Waals surface area contributed by atoms with Gasteiger partial charge in [0.1, 0.15) is 5.04 Å². The Morgan fingerprint density at radius 2 is 1.54 bits per heavy atom. The second kappa shape index (κ2) is 9.75. The molecule has 1 nitrogen and oxygen atoms in total. The first-order valence-corrected chi connectivity index (χ1v) is 10.3. The Morgan fingerprint density at radius 3 is 2.25 bits per heavy atom. The van der Waals surface area contributed by atoms with Gasteiger partial charge in [-0.15, -0.1) is 11.8 Å². The Bertz CT molecular complexity index is 659. The van der Waals surface area contributed by atoms with Crippen molar-refractivity contribution in [1.29, 1.82) is 0 Å². The fourth-order valence-corrected chi connectivity index (χ4v) is 4.69. The third kappa shape index (κ3) is 5.88. The Balaban J connectivity index is 1.70. The van der Waals surface area contributed by atoms with Gasteiger partial charge in [0, 0.05) is 10.1 Å². The van der Waals surface area contributed by atoms with Crippen molar-refractivity contribution < 1.29 is 0 Å². The fourth-order valence-electron chi connectivity index (χ4n) is 2.74. The summed E-state index contributed by atoms with van der Waals surface area (Å²) in [4.78, 5) is 6.04. The molecule has 0 N–H and O–H groups in total. The number of rotatable bonds is 5. The van der Waals surface area contributed by atoms with Gasteiger partial charge in [-0.05, 0) is 48.6 Å². The molecular formula is C21H23NS2. The number of aliphatic imine (C=N–C) groups is 1. The van der Waals surface area contributed by atoms with E-state index in [9.17, 15) is 0 Å². The molecule has 0 amide bonds. The van der Waals surface area contributed by atoms with Gasteiger partial charge >= 0.3 is 0 Å². The summed E-state index contributed by atoms with van der Waals surface area (Å²) in [5.74, 6) is 0. The molecule has 0 bridgehead atoms. The Morgan fingerprint density at radius 1 is 0.875 bits per heavy atom. The van der Waals surface area contributed by atoms with Crippen LogP contribution in [0.15, 0.2) is 82.0 Å². The van der Waals surface area contributed by atoms with Crippen LogP contribution in [0.2, 0.25) is 0 Å². The summed E-state index contributed by atoms with van der Waals surface area (Å²) in [6.07, 6.45) is 9.05. The number of nitrogens with zero attached hydrogens (tertiary/aromatic N) is 1. The number of thioether (sulfide) groups is 2. The zero-order valence-corrected chi connectivity index (χ0v) is 15.4. The summed E-state index contributed by atoms with van der Waals surface area (Å²) < 4.78 is 0. The summed E-state index contributed by atoms with van der Waals surface area (Å²) >= 11 is 3.69. The monoisotopic (exact) mass is 353 g/mol. The molecule has 0 heterocycles. The molecule has 124 valence electrons. The second-order valence-electron chi connectivity index (χ2n) is 5.90. The molecule has 1 fully saturated rings. The molecule has 0 atom stereocenters. The average molecular weight is 354 g/mol. The minimum Gasteiger partial charge on any atom is -0.242 e. The standard InChI is InChI=1S/C21H23NS2/c1-4-10-18(11-5-1)22-21(24-20-14-8-3-9-15-20)16-17-23-19-12-6-2-7-13-19/h1,3-5,8-11,14-17,19H,2,6-7,12-13H2. The highest BCUT2D eigenvalue weighted by atomic mass is 32.2. The van der Waals surface area contributed by atoms with Crippen LogP contribution >= 0.6 is 23.5 Å². The first kappa shape index (κ1) is 17.4. The van der Waals surface area contributed by atoms with Gasteiger partial charge < -0.3 is 0 Å². The van der Waals surface area contributed by atoms with E-state index in [0.717, 1.165) is 16.0 Å². The van der Waals surface area contributed by atoms with Crippen LogP contribution in [0, 0.1) is 0 Å². The van der Waals surface area contributed by atoms with E-state index in [1.807, 2.05) is 48.2 Å². The van der Waals surface area contributed by atoms with Crippen LogP contribution in [-0.2, 0) is 0 Å². The predicted octanol–water partition coefficient (Wildman–Crippen LogP) is 7.09. The van der Waals surface area contributed by atoms with Crippen LogP contribution in [0.4, 0.5) is 5.69 Å². The van der Waals surface area contributed by atoms with Gasteiger partial charge in [-0.3, -0.25) is 0 Å². The van der Waals surface area contributed by atoms with Crippen molar-refractivity contribution in [2.75, 3.05) is 0 Å². The van der Waals surface area contributed by atoms with E-state index in [0.29, 0.717) is 0 Å². The number of hydrogen-bond acceptors (Lipinski definition) is 3. The molecule has 2 aromatic carbocycles. The maximum Gasteiger partial charge on any atom is 0.102 e. The van der Waals surface area contributed by atoms with Crippen LogP contribution in [0.25, 0.3) is 0 Å². The highest BCUT2D eigenvalue weighted by Crippen LogP contribution is 2.30. The highest BCUT2D eigenvalue weighted by molar-refractivity contribution is 8.14. The van der Waals surface area contributed by atoms with Gasteiger partial charge in [-0.1, -0.05) is 67.4 Å². The molecule has 0 aliphatic heterocycles. The van der Waals surface area contributed by atoms with Crippen LogP contribution in [0.1, 0.15) is 32.1 Å². The number of benzene rings is 2. The molecule has 1 aliphatic rings. The molecule has 1 aliphatic carbocycles. The summed E-state index contributed by atoms with van der Waals surface area (Å²) in [5, 5.41) is 4.07. The first-order valence-electron chi connectivity index (χ1n) is 8.59. The Labute approximate surface area is 153 Å². The fraction of sp³-hybridized carbons (Fsp3) is 0.286. The average Bonchev–Trinajstić information content (AvgIpc) is 2.64. The van der Waals surface area contributed by atoms with Crippen molar-refractivity contribution in [3.8, 4) is 0 Å². The normalized spacial score (nSPS) is 16.6. The molecule has 0 aromatic heterocycles. The van der Waals surface area contributed by atoms with E-state index in [2.05, 4.69) is 35.7 Å². The van der Waals surface area contributed by atoms with Gasteiger partial charge in [0.15, 0.2) is 0 Å². The maximum atomic E-state index is 4.82. The number of hydrogen-bond donors (Lipinski definition) is 0. The highest BCUT2D eigenvalue weighted by Gasteiger charge is 2.12. The Hall–Kier alpha value is -1.45. The lowest BCUT2D eigenvalue weighted by molar-refractivity contribution is 0.517.